The highest BCUT2D eigenvalue weighted by Gasteiger charge is 2.13. The number of anilines is 1. The Kier molecular flexibility index (Phi) is 3.12. The van der Waals surface area contributed by atoms with Crippen molar-refractivity contribution in [3.63, 3.8) is 0 Å². The third kappa shape index (κ3) is 2.53. The molecule has 2 nitrogen and oxygen atoms in total. The Hall–Kier alpha value is -1.83. The zero-order valence-electron chi connectivity index (χ0n) is 11.5. The molecule has 0 saturated carbocycles. The number of hydrogen-bond acceptors (Lipinski definition) is 2. The molecule has 0 atom stereocenters. The second kappa shape index (κ2) is 4.45. The quantitative estimate of drug-likeness (QED) is 0.820. The molecule has 0 radical (unpaired) electrons. The van der Waals surface area contributed by atoms with Gasteiger partial charge in [-0.3, -0.25) is 0 Å². The van der Waals surface area contributed by atoms with E-state index in [1.807, 2.05) is 19.1 Å². The van der Waals surface area contributed by atoms with Gasteiger partial charge in [-0.25, -0.2) is 4.98 Å². The molecule has 0 spiro atoms. The molecule has 1 heterocycles. The van der Waals surface area contributed by atoms with Gasteiger partial charge in [0, 0.05) is 11.3 Å². The van der Waals surface area contributed by atoms with E-state index in [4.69, 9.17) is 5.73 Å². The lowest BCUT2D eigenvalue weighted by molar-refractivity contribution is 0.590. The summed E-state index contributed by atoms with van der Waals surface area (Å²) in [6.07, 6.45) is 0. The molecule has 2 aromatic rings. The first-order valence-corrected chi connectivity index (χ1v) is 6.22. The number of benzene rings is 1. The molecule has 2 heteroatoms. The van der Waals surface area contributed by atoms with Gasteiger partial charge in [-0.1, -0.05) is 45.0 Å². The molecule has 1 aromatic heterocycles. The van der Waals surface area contributed by atoms with Crippen LogP contribution in [0.15, 0.2) is 36.4 Å². The Morgan fingerprint density at radius 1 is 0.944 bits per heavy atom. The molecule has 1 aromatic carbocycles. The van der Waals surface area contributed by atoms with Crippen molar-refractivity contribution in [2.24, 2.45) is 0 Å². The number of hydrogen-bond donors (Lipinski definition) is 1. The fraction of sp³-hybridized carbons (Fsp3) is 0.312. The fourth-order valence-electron chi connectivity index (χ4n) is 2.04. The molecular formula is C16H20N2. The van der Waals surface area contributed by atoms with Crippen LogP contribution in [-0.4, -0.2) is 4.98 Å². The van der Waals surface area contributed by atoms with Gasteiger partial charge in [-0.05, 0) is 35.6 Å². The lowest BCUT2D eigenvalue weighted by Crippen LogP contribution is -2.10. The maximum absolute atomic E-state index is 5.68. The predicted molar refractivity (Wildman–Crippen MR) is 77.5 cm³/mol. The Morgan fingerprint density at radius 3 is 2.06 bits per heavy atom. The highest BCUT2D eigenvalue weighted by molar-refractivity contribution is 5.67. The van der Waals surface area contributed by atoms with Crippen LogP contribution in [-0.2, 0) is 5.41 Å². The summed E-state index contributed by atoms with van der Waals surface area (Å²) in [6.45, 7) is 8.65. The molecule has 2 rings (SSSR count). The standard InChI is InChI=1S/C16H20N2/c1-11-14(9-10-15(17)18-11)12-5-7-13(8-6-12)16(2,3)4/h5-10H,1-4H3,(H2,17,18). The van der Waals surface area contributed by atoms with Crippen LogP contribution in [0.2, 0.25) is 0 Å². The Bertz CT molecular complexity index is 548. The summed E-state index contributed by atoms with van der Waals surface area (Å²) >= 11 is 0. The van der Waals surface area contributed by atoms with Crippen LogP contribution in [0, 0.1) is 6.92 Å². The number of pyridine rings is 1. The Labute approximate surface area is 109 Å². The minimum atomic E-state index is 0.187. The minimum Gasteiger partial charge on any atom is -0.384 e. The number of aromatic nitrogens is 1. The average Bonchev–Trinajstić information content (AvgIpc) is 2.28. The van der Waals surface area contributed by atoms with Crippen molar-refractivity contribution >= 4 is 5.82 Å². The second-order valence-electron chi connectivity index (χ2n) is 5.70. The fourth-order valence-corrected chi connectivity index (χ4v) is 2.04. The van der Waals surface area contributed by atoms with Crippen molar-refractivity contribution < 1.29 is 0 Å². The van der Waals surface area contributed by atoms with Crippen molar-refractivity contribution in [3.05, 3.63) is 47.7 Å². The van der Waals surface area contributed by atoms with Gasteiger partial charge in [0.1, 0.15) is 5.82 Å². The molecule has 0 aliphatic heterocycles. The zero-order chi connectivity index (χ0) is 13.3. The molecule has 94 valence electrons. The average molecular weight is 240 g/mol. The third-order valence-corrected chi connectivity index (χ3v) is 3.17. The van der Waals surface area contributed by atoms with Crippen LogP contribution < -0.4 is 5.73 Å². The van der Waals surface area contributed by atoms with Gasteiger partial charge in [-0.15, -0.1) is 0 Å². The van der Waals surface area contributed by atoms with E-state index >= 15 is 0 Å². The van der Waals surface area contributed by atoms with Crippen LogP contribution in [0.5, 0.6) is 0 Å². The molecule has 0 bridgehead atoms. The minimum absolute atomic E-state index is 0.187. The van der Waals surface area contributed by atoms with Crippen molar-refractivity contribution in [3.8, 4) is 11.1 Å². The first-order valence-electron chi connectivity index (χ1n) is 6.22. The number of nitrogens with zero attached hydrogens (tertiary/aromatic N) is 1. The summed E-state index contributed by atoms with van der Waals surface area (Å²) in [5.41, 5.74) is 10.5. The molecule has 0 aliphatic carbocycles. The van der Waals surface area contributed by atoms with Gasteiger partial charge in [-0.2, -0.15) is 0 Å². The van der Waals surface area contributed by atoms with Crippen molar-refractivity contribution in [1.29, 1.82) is 0 Å². The monoisotopic (exact) mass is 240 g/mol. The van der Waals surface area contributed by atoms with Gasteiger partial charge in [0.2, 0.25) is 0 Å². The molecular weight excluding hydrogens is 220 g/mol. The van der Waals surface area contributed by atoms with Crippen LogP contribution >= 0.6 is 0 Å². The number of aryl methyl sites for hydroxylation is 1. The molecule has 0 fully saturated rings. The summed E-state index contributed by atoms with van der Waals surface area (Å²) in [4.78, 5) is 4.30. The second-order valence-corrected chi connectivity index (χ2v) is 5.70. The lowest BCUT2D eigenvalue weighted by atomic mass is 9.86. The number of nitrogen functional groups attached to an aromatic ring is 1. The smallest absolute Gasteiger partial charge is 0.123 e. The third-order valence-electron chi connectivity index (χ3n) is 3.17. The van der Waals surface area contributed by atoms with Crippen LogP contribution in [0.3, 0.4) is 0 Å². The zero-order valence-corrected chi connectivity index (χ0v) is 11.5. The summed E-state index contributed by atoms with van der Waals surface area (Å²) in [6, 6.07) is 12.6. The van der Waals surface area contributed by atoms with Crippen molar-refractivity contribution in [1.82, 2.24) is 4.98 Å². The maximum Gasteiger partial charge on any atom is 0.123 e. The van der Waals surface area contributed by atoms with E-state index in [2.05, 4.69) is 50.0 Å². The Balaban J connectivity index is 2.41. The molecule has 0 unspecified atom stereocenters. The predicted octanol–water partition coefficient (Wildman–Crippen LogP) is 3.94. The van der Waals surface area contributed by atoms with Crippen LogP contribution in [0.1, 0.15) is 32.0 Å². The summed E-state index contributed by atoms with van der Waals surface area (Å²) in [7, 11) is 0. The first kappa shape index (κ1) is 12.6. The number of nitrogens with two attached hydrogens (primary N) is 1. The van der Waals surface area contributed by atoms with Crippen molar-refractivity contribution in [2.45, 2.75) is 33.1 Å². The highest BCUT2D eigenvalue weighted by Crippen LogP contribution is 2.27. The lowest BCUT2D eigenvalue weighted by Gasteiger charge is -2.19. The maximum atomic E-state index is 5.68. The van der Waals surface area contributed by atoms with E-state index in [-0.39, 0.29) is 5.41 Å². The molecule has 18 heavy (non-hydrogen) atoms. The van der Waals surface area contributed by atoms with E-state index in [9.17, 15) is 0 Å². The largest absolute Gasteiger partial charge is 0.384 e. The topological polar surface area (TPSA) is 38.9 Å². The SMILES string of the molecule is Cc1nc(N)ccc1-c1ccc(C(C)(C)C)cc1. The normalized spacial score (nSPS) is 11.6. The summed E-state index contributed by atoms with van der Waals surface area (Å²) in [5, 5.41) is 0. The molecule has 2 N–H and O–H groups in total. The molecule has 0 aliphatic rings. The van der Waals surface area contributed by atoms with Gasteiger partial charge < -0.3 is 5.73 Å². The van der Waals surface area contributed by atoms with Gasteiger partial charge >= 0.3 is 0 Å². The van der Waals surface area contributed by atoms with E-state index in [0.29, 0.717) is 5.82 Å². The van der Waals surface area contributed by atoms with Gasteiger partial charge in [0.25, 0.3) is 0 Å². The van der Waals surface area contributed by atoms with E-state index in [1.54, 1.807) is 0 Å². The van der Waals surface area contributed by atoms with Gasteiger partial charge in [0.05, 0.1) is 0 Å². The Morgan fingerprint density at radius 2 is 1.56 bits per heavy atom. The van der Waals surface area contributed by atoms with E-state index in [0.717, 1.165) is 11.3 Å². The first-order chi connectivity index (χ1) is 8.38. The summed E-state index contributed by atoms with van der Waals surface area (Å²) in [5.74, 6) is 0.572. The van der Waals surface area contributed by atoms with Crippen LogP contribution in [0.25, 0.3) is 11.1 Å². The molecule has 0 amide bonds. The van der Waals surface area contributed by atoms with Gasteiger partial charge in [0.15, 0.2) is 0 Å². The van der Waals surface area contributed by atoms with E-state index < -0.39 is 0 Å². The molecule has 0 saturated heterocycles. The highest BCUT2D eigenvalue weighted by atomic mass is 14.8. The van der Waals surface area contributed by atoms with Crippen molar-refractivity contribution in [2.75, 3.05) is 5.73 Å². The number of rotatable bonds is 1. The van der Waals surface area contributed by atoms with Crippen LogP contribution in [0.4, 0.5) is 5.82 Å². The summed E-state index contributed by atoms with van der Waals surface area (Å²) < 4.78 is 0. The van der Waals surface area contributed by atoms with E-state index in [1.165, 1.54) is 11.1 Å².